The van der Waals surface area contributed by atoms with Crippen molar-refractivity contribution in [3.05, 3.63) is 76.6 Å². The molecule has 32 heavy (non-hydrogen) atoms. The van der Waals surface area contributed by atoms with Crippen LogP contribution in [0.3, 0.4) is 0 Å². The summed E-state index contributed by atoms with van der Waals surface area (Å²) >= 11 is 0. The molecule has 0 saturated carbocycles. The summed E-state index contributed by atoms with van der Waals surface area (Å²) in [6.45, 7) is 4.09. The maximum Gasteiger partial charge on any atom is 0.262 e. The van der Waals surface area contributed by atoms with Gasteiger partial charge in [0, 0.05) is 5.69 Å². The third-order valence-corrected chi connectivity index (χ3v) is 4.86. The third-order valence-electron chi connectivity index (χ3n) is 4.86. The van der Waals surface area contributed by atoms with Crippen LogP contribution < -0.4 is 20.2 Å². The highest BCUT2D eigenvalue weighted by Crippen LogP contribution is 2.31. The highest BCUT2D eigenvalue weighted by atomic mass is 16.5. The van der Waals surface area contributed by atoms with Gasteiger partial charge in [-0.2, -0.15) is 0 Å². The molecule has 0 bridgehead atoms. The molecule has 1 N–H and O–H groups in total. The van der Waals surface area contributed by atoms with Crippen molar-refractivity contribution in [2.45, 2.75) is 20.3 Å². The summed E-state index contributed by atoms with van der Waals surface area (Å²) < 4.78 is 22.4. The summed E-state index contributed by atoms with van der Waals surface area (Å²) in [6.07, 6.45) is 2.25. The molecule has 4 rings (SSSR count). The molecule has 164 valence electrons. The molecule has 0 aliphatic rings. The number of carbonyl (C=O) groups excluding carboxylic acids is 1. The van der Waals surface area contributed by atoms with E-state index in [-0.39, 0.29) is 23.5 Å². The average molecular weight is 433 g/mol. The number of rotatable bonds is 8. The van der Waals surface area contributed by atoms with Gasteiger partial charge in [-0.15, -0.1) is 0 Å². The van der Waals surface area contributed by atoms with E-state index in [9.17, 15) is 9.59 Å². The number of ether oxygens (including phenoxy) is 2. The maximum absolute atomic E-state index is 13.2. The van der Waals surface area contributed by atoms with E-state index >= 15 is 0 Å². The van der Waals surface area contributed by atoms with Gasteiger partial charge in [-0.1, -0.05) is 13.0 Å². The Morgan fingerprint density at radius 1 is 1.03 bits per heavy atom. The summed E-state index contributed by atoms with van der Waals surface area (Å²) in [7, 11) is 0. The molecule has 0 unspecified atom stereocenters. The summed E-state index contributed by atoms with van der Waals surface area (Å²) in [5.41, 5.74) is 1.65. The molecule has 2 aromatic carbocycles. The number of carbonyl (C=O) groups is 1. The number of aryl methyl sites for hydroxylation is 1. The Hall–Kier alpha value is -4.00. The van der Waals surface area contributed by atoms with Crippen molar-refractivity contribution in [1.82, 2.24) is 0 Å². The second kappa shape index (κ2) is 9.43. The normalized spacial score (nSPS) is 10.8. The van der Waals surface area contributed by atoms with Crippen LogP contribution in [0.5, 0.6) is 11.5 Å². The van der Waals surface area contributed by atoms with E-state index in [1.54, 1.807) is 48.5 Å². The summed E-state index contributed by atoms with van der Waals surface area (Å²) in [5.74, 6) is 0.713. The van der Waals surface area contributed by atoms with Crippen LogP contribution in [0.4, 0.5) is 5.69 Å². The van der Waals surface area contributed by atoms with Crippen LogP contribution >= 0.6 is 0 Å². The van der Waals surface area contributed by atoms with Gasteiger partial charge in [0.25, 0.3) is 5.91 Å². The van der Waals surface area contributed by atoms with Crippen molar-refractivity contribution in [3.63, 3.8) is 0 Å². The largest absolute Gasteiger partial charge is 0.494 e. The predicted octanol–water partition coefficient (Wildman–Crippen LogP) is 5.03. The number of hydrogen-bond donors (Lipinski definition) is 1. The number of hydrogen-bond acceptors (Lipinski definition) is 6. The lowest BCUT2D eigenvalue weighted by Crippen LogP contribution is -2.22. The molecule has 2 heterocycles. The molecule has 0 saturated heterocycles. The Morgan fingerprint density at radius 3 is 2.53 bits per heavy atom. The number of nitrogens with one attached hydrogen (secondary N) is 1. The van der Waals surface area contributed by atoms with Gasteiger partial charge in [0.1, 0.15) is 11.3 Å². The van der Waals surface area contributed by atoms with E-state index in [0.717, 1.165) is 12.0 Å². The van der Waals surface area contributed by atoms with E-state index in [2.05, 4.69) is 5.32 Å². The van der Waals surface area contributed by atoms with Crippen molar-refractivity contribution in [3.8, 4) is 23.0 Å². The standard InChI is InChI=1S/C25H23NO6/c1-3-16-7-12-20-19(14-16)23(28)25(24(32-20)21-6-5-13-30-21)31-15-22(27)26-17-8-10-18(11-9-17)29-4-2/h5-14H,3-4,15H2,1-2H3,(H,26,27). The van der Waals surface area contributed by atoms with Gasteiger partial charge < -0.3 is 23.6 Å². The van der Waals surface area contributed by atoms with Crippen molar-refractivity contribution in [2.24, 2.45) is 0 Å². The third kappa shape index (κ3) is 4.51. The maximum atomic E-state index is 13.2. The highest BCUT2D eigenvalue weighted by Gasteiger charge is 2.21. The van der Waals surface area contributed by atoms with Crippen LogP contribution in [0.25, 0.3) is 22.5 Å². The Balaban J connectivity index is 1.59. The zero-order valence-corrected chi connectivity index (χ0v) is 17.8. The summed E-state index contributed by atoms with van der Waals surface area (Å²) in [4.78, 5) is 25.7. The van der Waals surface area contributed by atoms with Gasteiger partial charge in [-0.05, 0) is 67.4 Å². The van der Waals surface area contributed by atoms with Crippen LogP contribution in [0.1, 0.15) is 19.4 Å². The lowest BCUT2D eigenvalue weighted by atomic mass is 10.1. The fourth-order valence-electron chi connectivity index (χ4n) is 3.28. The Labute approximate surface area is 184 Å². The quantitative estimate of drug-likeness (QED) is 0.419. The lowest BCUT2D eigenvalue weighted by molar-refractivity contribution is -0.118. The zero-order valence-electron chi connectivity index (χ0n) is 17.8. The first-order chi connectivity index (χ1) is 15.6. The molecule has 1 amide bonds. The SMILES string of the molecule is CCOc1ccc(NC(=O)COc2c(-c3ccco3)oc3ccc(CC)cc3c2=O)cc1. The van der Waals surface area contributed by atoms with Crippen LogP contribution in [0, 0.1) is 0 Å². The van der Waals surface area contributed by atoms with Crippen LogP contribution in [0.15, 0.2) is 74.5 Å². The van der Waals surface area contributed by atoms with Gasteiger partial charge in [-0.25, -0.2) is 0 Å². The average Bonchev–Trinajstić information content (AvgIpc) is 3.34. The number of benzene rings is 2. The minimum absolute atomic E-state index is 0.0671. The first kappa shape index (κ1) is 21.2. The molecule has 7 heteroatoms. The topological polar surface area (TPSA) is 90.9 Å². The fraction of sp³-hybridized carbons (Fsp3) is 0.200. The van der Waals surface area contributed by atoms with Gasteiger partial charge in [0.2, 0.25) is 16.9 Å². The molecule has 0 spiro atoms. The van der Waals surface area contributed by atoms with Crippen molar-refractivity contribution >= 4 is 22.6 Å². The molecular weight excluding hydrogens is 410 g/mol. The first-order valence-electron chi connectivity index (χ1n) is 10.4. The van der Waals surface area contributed by atoms with Gasteiger partial charge in [0.05, 0.1) is 18.3 Å². The summed E-state index contributed by atoms with van der Waals surface area (Å²) in [5, 5.41) is 3.13. The van der Waals surface area contributed by atoms with Crippen LogP contribution in [0.2, 0.25) is 0 Å². The van der Waals surface area contributed by atoms with E-state index in [0.29, 0.717) is 34.8 Å². The van der Waals surface area contributed by atoms with Crippen LogP contribution in [-0.2, 0) is 11.2 Å². The highest BCUT2D eigenvalue weighted by molar-refractivity contribution is 5.92. The zero-order chi connectivity index (χ0) is 22.5. The predicted molar refractivity (Wildman–Crippen MR) is 121 cm³/mol. The molecule has 0 aliphatic carbocycles. The molecule has 0 atom stereocenters. The molecule has 0 fully saturated rings. The molecule has 2 aromatic heterocycles. The minimum Gasteiger partial charge on any atom is -0.494 e. The number of fused-ring (bicyclic) bond motifs is 1. The van der Waals surface area contributed by atoms with E-state index in [1.807, 2.05) is 19.9 Å². The van der Waals surface area contributed by atoms with E-state index < -0.39 is 5.91 Å². The Morgan fingerprint density at radius 2 is 1.84 bits per heavy atom. The van der Waals surface area contributed by atoms with Gasteiger partial charge in [0.15, 0.2) is 12.4 Å². The molecular formula is C25H23NO6. The number of amides is 1. The second-order valence-electron chi connectivity index (χ2n) is 7.05. The van der Waals surface area contributed by atoms with Crippen molar-refractivity contribution in [1.29, 1.82) is 0 Å². The van der Waals surface area contributed by atoms with E-state index in [1.165, 1.54) is 6.26 Å². The first-order valence-corrected chi connectivity index (χ1v) is 10.4. The second-order valence-corrected chi connectivity index (χ2v) is 7.05. The smallest absolute Gasteiger partial charge is 0.262 e. The molecule has 0 aliphatic heterocycles. The van der Waals surface area contributed by atoms with E-state index in [4.69, 9.17) is 18.3 Å². The van der Waals surface area contributed by atoms with Crippen LogP contribution in [-0.4, -0.2) is 19.1 Å². The monoisotopic (exact) mass is 433 g/mol. The molecule has 4 aromatic rings. The van der Waals surface area contributed by atoms with Gasteiger partial charge in [-0.3, -0.25) is 9.59 Å². The summed E-state index contributed by atoms with van der Waals surface area (Å²) in [6, 6.07) is 15.8. The van der Waals surface area contributed by atoms with Crippen molar-refractivity contribution < 1.29 is 23.1 Å². The van der Waals surface area contributed by atoms with Gasteiger partial charge >= 0.3 is 0 Å². The minimum atomic E-state index is -0.415. The number of anilines is 1. The number of furan rings is 1. The molecule has 7 nitrogen and oxygen atoms in total. The Bertz CT molecular complexity index is 1270. The Kier molecular flexibility index (Phi) is 6.26. The van der Waals surface area contributed by atoms with Crippen molar-refractivity contribution in [2.75, 3.05) is 18.5 Å². The fourth-order valence-corrected chi connectivity index (χ4v) is 3.28. The molecule has 0 radical (unpaired) electrons. The lowest BCUT2D eigenvalue weighted by Gasteiger charge is -2.11.